The summed E-state index contributed by atoms with van der Waals surface area (Å²) in [5.41, 5.74) is 5.05. The van der Waals surface area contributed by atoms with E-state index in [0.29, 0.717) is 0 Å². The number of rotatable bonds is 1. The van der Waals surface area contributed by atoms with Gasteiger partial charge in [-0.15, -0.1) is 11.3 Å². The van der Waals surface area contributed by atoms with Gasteiger partial charge in [0, 0.05) is 36.6 Å². The monoisotopic (exact) mass is 363 g/mol. The lowest BCUT2D eigenvalue weighted by molar-refractivity contribution is 1.17. The molecule has 1 nitrogen and oxygen atoms in total. The van der Waals surface area contributed by atoms with E-state index in [-0.39, 0.29) is 0 Å². The summed E-state index contributed by atoms with van der Waals surface area (Å²) in [4.78, 5) is 0. The lowest BCUT2D eigenvalue weighted by atomic mass is 10.1. The minimum atomic E-state index is 1.22. The molecule has 0 aliphatic carbocycles. The predicted molar refractivity (Wildman–Crippen MR) is 118 cm³/mol. The van der Waals surface area contributed by atoms with E-state index in [4.69, 9.17) is 0 Å². The van der Waals surface area contributed by atoms with Crippen LogP contribution in [-0.2, 0) is 0 Å². The van der Waals surface area contributed by atoms with Crippen molar-refractivity contribution >= 4 is 53.3 Å². The Balaban J connectivity index is 1.83. The molecule has 0 aliphatic rings. The minimum Gasteiger partial charge on any atom is -0.309 e. The Bertz CT molecular complexity index is 1480. The van der Waals surface area contributed by atoms with Crippen LogP contribution in [0.1, 0.15) is 5.56 Å². The Kier molecular flexibility index (Phi) is 3.03. The van der Waals surface area contributed by atoms with Gasteiger partial charge >= 0.3 is 0 Å². The molecule has 0 saturated carbocycles. The first-order valence-electron chi connectivity index (χ1n) is 9.21. The van der Waals surface area contributed by atoms with E-state index >= 15 is 0 Å². The maximum Gasteiger partial charge on any atom is 0.0555 e. The van der Waals surface area contributed by atoms with Crippen molar-refractivity contribution in [2.24, 2.45) is 0 Å². The molecule has 0 atom stereocenters. The largest absolute Gasteiger partial charge is 0.309 e. The SMILES string of the molecule is Cc1cccc(-n2c3ccccc3c3cc4c(cc32)sc2ccccc24)c1. The molecule has 0 radical (unpaired) electrons. The third kappa shape index (κ3) is 2.11. The number of para-hydroxylation sites is 1. The molecule has 6 aromatic rings. The number of nitrogens with zero attached hydrogens (tertiary/aromatic N) is 1. The van der Waals surface area contributed by atoms with Crippen LogP contribution in [0.3, 0.4) is 0 Å². The summed E-state index contributed by atoms with van der Waals surface area (Å²) >= 11 is 1.88. The smallest absolute Gasteiger partial charge is 0.0555 e. The summed E-state index contributed by atoms with van der Waals surface area (Å²) in [6.07, 6.45) is 0. The van der Waals surface area contributed by atoms with Crippen molar-refractivity contribution in [1.29, 1.82) is 0 Å². The minimum absolute atomic E-state index is 1.22. The van der Waals surface area contributed by atoms with Crippen molar-refractivity contribution in [3.05, 3.63) is 90.5 Å². The van der Waals surface area contributed by atoms with E-state index in [0.717, 1.165) is 0 Å². The highest BCUT2D eigenvalue weighted by Crippen LogP contribution is 2.40. The summed E-state index contributed by atoms with van der Waals surface area (Å²) < 4.78 is 5.11. The Morgan fingerprint density at radius 3 is 2.30 bits per heavy atom. The van der Waals surface area contributed by atoms with E-state index in [9.17, 15) is 0 Å². The Morgan fingerprint density at radius 2 is 1.41 bits per heavy atom. The molecular weight excluding hydrogens is 346 g/mol. The number of fused-ring (bicyclic) bond motifs is 6. The zero-order valence-corrected chi connectivity index (χ0v) is 15.8. The van der Waals surface area contributed by atoms with Gasteiger partial charge < -0.3 is 4.57 Å². The first-order valence-corrected chi connectivity index (χ1v) is 10.0. The second kappa shape index (κ2) is 5.45. The summed E-state index contributed by atoms with van der Waals surface area (Å²) in [5, 5.41) is 5.34. The molecule has 0 amide bonds. The molecule has 128 valence electrons. The van der Waals surface area contributed by atoms with Gasteiger partial charge in [0.15, 0.2) is 0 Å². The maximum absolute atomic E-state index is 2.40. The number of hydrogen-bond donors (Lipinski definition) is 0. The highest BCUT2D eigenvalue weighted by atomic mass is 32.1. The van der Waals surface area contributed by atoms with Gasteiger partial charge in [0.05, 0.1) is 11.0 Å². The molecule has 27 heavy (non-hydrogen) atoms. The molecule has 2 heteroatoms. The van der Waals surface area contributed by atoms with Crippen LogP contribution < -0.4 is 0 Å². The van der Waals surface area contributed by atoms with Gasteiger partial charge in [0.1, 0.15) is 0 Å². The average Bonchev–Trinajstić information content (AvgIpc) is 3.21. The first-order chi connectivity index (χ1) is 13.3. The second-order valence-corrected chi connectivity index (χ2v) is 8.24. The van der Waals surface area contributed by atoms with Gasteiger partial charge in [-0.1, -0.05) is 48.5 Å². The molecule has 2 heterocycles. The quantitative estimate of drug-likeness (QED) is 0.286. The number of thiophene rings is 1. The van der Waals surface area contributed by atoms with Gasteiger partial charge in [0.2, 0.25) is 0 Å². The summed E-state index contributed by atoms with van der Waals surface area (Å²) in [6.45, 7) is 2.15. The zero-order chi connectivity index (χ0) is 18.0. The number of aromatic nitrogens is 1. The van der Waals surface area contributed by atoms with Gasteiger partial charge in [-0.2, -0.15) is 0 Å². The fourth-order valence-electron chi connectivity index (χ4n) is 4.23. The van der Waals surface area contributed by atoms with E-state index in [2.05, 4.69) is 96.4 Å². The highest BCUT2D eigenvalue weighted by molar-refractivity contribution is 7.25. The van der Waals surface area contributed by atoms with Gasteiger partial charge in [-0.05, 0) is 48.9 Å². The highest BCUT2D eigenvalue weighted by Gasteiger charge is 2.15. The van der Waals surface area contributed by atoms with Crippen molar-refractivity contribution < 1.29 is 0 Å². The van der Waals surface area contributed by atoms with Crippen molar-refractivity contribution in [1.82, 2.24) is 4.57 Å². The zero-order valence-electron chi connectivity index (χ0n) is 14.9. The van der Waals surface area contributed by atoms with Crippen LogP contribution in [0.15, 0.2) is 84.9 Å². The Labute approximate surface area is 161 Å². The molecule has 0 aliphatic heterocycles. The lowest BCUT2D eigenvalue weighted by Crippen LogP contribution is -1.93. The molecule has 0 fully saturated rings. The fraction of sp³-hybridized carbons (Fsp3) is 0.0400. The molecule has 0 N–H and O–H groups in total. The van der Waals surface area contributed by atoms with Crippen molar-refractivity contribution in [2.75, 3.05) is 0 Å². The van der Waals surface area contributed by atoms with Crippen LogP contribution in [0, 0.1) is 6.92 Å². The average molecular weight is 363 g/mol. The number of aryl methyl sites for hydroxylation is 1. The van der Waals surface area contributed by atoms with Gasteiger partial charge in [0.25, 0.3) is 0 Å². The molecule has 0 unspecified atom stereocenters. The molecule has 0 bridgehead atoms. The standard InChI is InChI=1S/C25H17NS/c1-16-7-6-8-17(13-16)26-22-11-4-2-9-18(22)20-14-21-19-10-3-5-12-24(19)27-25(21)15-23(20)26/h2-15H,1H3. The number of benzene rings is 4. The van der Waals surface area contributed by atoms with Crippen LogP contribution in [0.5, 0.6) is 0 Å². The maximum atomic E-state index is 2.40. The lowest BCUT2D eigenvalue weighted by Gasteiger charge is -2.08. The summed E-state index contributed by atoms with van der Waals surface area (Å²) in [7, 11) is 0. The molecular formula is C25H17NS. The molecule has 4 aromatic carbocycles. The second-order valence-electron chi connectivity index (χ2n) is 7.16. The third-order valence-electron chi connectivity index (χ3n) is 5.43. The van der Waals surface area contributed by atoms with E-state index in [1.807, 2.05) is 11.3 Å². The summed E-state index contributed by atoms with van der Waals surface area (Å²) in [6, 6.07) is 31.0. The fourth-order valence-corrected chi connectivity index (χ4v) is 5.35. The normalized spacial score (nSPS) is 11.9. The Hall–Kier alpha value is -3.10. The molecule has 0 saturated heterocycles. The molecule has 0 spiro atoms. The van der Waals surface area contributed by atoms with E-state index in [1.54, 1.807) is 0 Å². The molecule has 6 rings (SSSR count). The molecule has 2 aromatic heterocycles. The van der Waals surface area contributed by atoms with Crippen molar-refractivity contribution in [3.63, 3.8) is 0 Å². The first kappa shape index (κ1) is 15.0. The van der Waals surface area contributed by atoms with Crippen LogP contribution in [-0.4, -0.2) is 4.57 Å². The topological polar surface area (TPSA) is 4.93 Å². The Morgan fingerprint density at radius 1 is 0.593 bits per heavy atom. The summed E-state index contributed by atoms with van der Waals surface area (Å²) in [5.74, 6) is 0. The third-order valence-corrected chi connectivity index (χ3v) is 6.56. The van der Waals surface area contributed by atoms with Crippen LogP contribution in [0.4, 0.5) is 0 Å². The predicted octanol–water partition coefficient (Wildman–Crippen LogP) is 7.46. The van der Waals surface area contributed by atoms with Crippen LogP contribution in [0.2, 0.25) is 0 Å². The van der Waals surface area contributed by atoms with Gasteiger partial charge in [-0.25, -0.2) is 0 Å². The van der Waals surface area contributed by atoms with E-state index in [1.165, 1.54) is 53.2 Å². The van der Waals surface area contributed by atoms with Crippen LogP contribution >= 0.6 is 11.3 Å². The van der Waals surface area contributed by atoms with Gasteiger partial charge in [-0.3, -0.25) is 0 Å². The van der Waals surface area contributed by atoms with Crippen molar-refractivity contribution in [2.45, 2.75) is 6.92 Å². The number of hydrogen-bond acceptors (Lipinski definition) is 1. The van der Waals surface area contributed by atoms with E-state index < -0.39 is 0 Å². The van der Waals surface area contributed by atoms with Crippen LogP contribution in [0.25, 0.3) is 47.7 Å². The van der Waals surface area contributed by atoms with Crippen molar-refractivity contribution in [3.8, 4) is 5.69 Å².